The van der Waals surface area contributed by atoms with Gasteiger partial charge in [0.05, 0.1) is 28.7 Å². The number of halogens is 2. The Kier molecular flexibility index (Phi) is 4.99. The van der Waals surface area contributed by atoms with E-state index in [4.69, 9.17) is 21.7 Å². The molecule has 0 aliphatic carbocycles. The SMILES string of the molecule is Cc1nc(C2CN(C(=O)c3ccc(F)cc3OC3CNC3)CC2=N)ncc1Cl. The molecular formula is C19H19ClFN5O2. The van der Waals surface area contributed by atoms with Crippen LogP contribution in [0, 0.1) is 18.2 Å². The third-order valence-electron chi connectivity index (χ3n) is 4.93. The summed E-state index contributed by atoms with van der Waals surface area (Å²) in [5.41, 5.74) is 1.27. The standard InChI is InChI=1S/C19H19ClFN5O2/c1-10-15(20)7-24-18(25-10)14-8-26(9-16(14)22)19(27)13-3-2-11(21)4-17(13)28-12-5-23-6-12/h2-4,7,12,14,22-23H,5-6,8-9H2,1H3. The molecule has 0 spiro atoms. The van der Waals surface area contributed by atoms with E-state index in [0.29, 0.717) is 35.3 Å². The fourth-order valence-corrected chi connectivity index (χ4v) is 3.30. The topological polar surface area (TPSA) is 91.2 Å². The molecular weight excluding hydrogens is 385 g/mol. The smallest absolute Gasteiger partial charge is 0.257 e. The van der Waals surface area contributed by atoms with Crippen molar-refractivity contribution in [2.45, 2.75) is 18.9 Å². The fourth-order valence-electron chi connectivity index (χ4n) is 3.21. The van der Waals surface area contributed by atoms with Gasteiger partial charge in [0.15, 0.2) is 0 Å². The zero-order valence-electron chi connectivity index (χ0n) is 15.2. The van der Waals surface area contributed by atoms with Crippen LogP contribution in [0.4, 0.5) is 4.39 Å². The summed E-state index contributed by atoms with van der Waals surface area (Å²) in [6.45, 7) is 3.53. The van der Waals surface area contributed by atoms with E-state index in [1.165, 1.54) is 24.4 Å². The van der Waals surface area contributed by atoms with E-state index in [2.05, 4.69) is 15.3 Å². The van der Waals surface area contributed by atoms with Crippen LogP contribution in [0.25, 0.3) is 0 Å². The number of likely N-dealkylation sites (tertiary alicyclic amines) is 1. The van der Waals surface area contributed by atoms with Crippen molar-refractivity contribution in [1.82, 2.24) is 20.2 Å². The first-order valence-corrected chi connectivity index (χ1v) is 9.32. The van der Waals surface area contributed by atoms with Crippen LogP contribution in [-0.2, 0) is 0 Å². The number of hydrogen-bond donors (Lipinski definition) is 2. The van der Waals surface area contributed by atoms with E-state index in [-0.39, 0.29) is 42.3 Å². The van der Waals surface area contributed by atoms with Crippen molar-refractivity contribution in [2.24, 2.45) is 0 Å². The first kappa shape index (κ1) is 18.8. The van der Waals surface area contributed by atoms with Crippen LogP contribution in [0.15, 0.2) is 24.4 Å². The largest absolute Gasteiger partial charge is 0.487 e. The van der Waals surface area contributed by atoms with E-state index in [1.807, 2.05) is 0 Å². The van der Waals surface area contributed by atoms with Crippen LogP contribution < -0.4 is 10.1 Å². The Balaban J connectivity index is 1.55. The fraction of sp³-hybridized carbons (Fsp3) is 0.368. The molecule has 28 heavy (non-hydrogen) atoms. The number of benzene rings is 1. The highest BCUT2D eigenvalue weighted by Crippen LogP contribution is 2.28. The minimum Gasteiger partial charge on any atom is -0.487 e. The third-order valence-corrected chi connectivity index (χ3v) is 5.30. The normalized spacial score (nSPS) is 19.6. The molecule has 0 saturated carbocycles. The maximum Gasteiger partial charge on any atom is 0.257 e. The number of nitrogens with one attached hydrogen (secondary N) is 2. The Labute approximate surface area is 166 Å². The molecule has 2 N–H and O–H groups in total. The lowest BCUT2D eigenvalue weighted by Gasteiger charge is -2.29. The molecule has 0 bridgehead atoms. The van der Waals surface area contributed by atoms with Gasteiger partial charge in [0.25, 0.3) is 5.91 Å². The summed E-state index contributed by atoms with van der Waals surface area (Å²) < 4.78 is 19.5. The second-order valence-electron chi connectivity index (χ2n) is 6.96. The summed E-state index contributed by atoms with van der Waals surface area (Å²) >= 11 is 5.98. The molecule has 1 aromatic heterocycles. The van der Waals surface area contributed by atoms with Crippen molar-refractivity contribution in [3.63, 3.8) is 0 Å². The van der Waals surface area contributed by atoms with E-state index >= 15 is 0 Å². The molecule has 0 radical (unpaired) electrons. The maximum absolute atomic E-state index is 13.7. The van der Waals surface area contributed by atoms with Crippen LogP contribution in [0.3, 0.4) is 0 Å². The Morgan fingerprint density at radius 2 is 2.21 bits per heavy atom. The first-order chi connectivity index (χ1) is 13.4. The average Bonchev–Trinajstić information content (AvgIpc) is 3.02. The van der Waals surface area contributed by atoms with Gasteiger partial charge in [-0.2, -0.15) is 0 Å². The molecule has 1 amide bonds. The van der Waals surface area contributed by atoms with Gasteiger partial charge in [-0.25, -0.2) is 14.4 Å². The highest BCUT2D eigenvalue weighted by Gasteiger charge is 2.35. The molecule has 1 unspecified atom stereocenters. The van der Waals surface area contributed by atoms with Crippen molar-refractivity contribution in [3.8, 4) is 5.75 Å². The first-order valence-electron chi connectivity index (χ1n) is 8.95. The zero-order chi connectivity index (χ0) is 19.8. The molecule has 1 atom stereocenters. The zero-order valence-corrected chi connectivity index (χ0v) is 16.0. The Morgan fingerprint density at radius 3 is 2.89 bits per heavy atom. The van der Waals surface area contributed by atoms with Gasteiger partial charge in [0.2, 0.25) is 0 Å². The van der Waals surface area contributed by atoms with Gasteiger partial charge in [-0.15, -0.1) is 0 Å². The van der Waals surface area contributed by atoms with Crippen LogP contribution in [-0.4, -0.2) is 58.8 Å². The number of ether oxygens (including phenoxy) is 1. The molecule has 2 aromatic rings. The van der Waals surface area contributed by atoms with Crippen LogP contribution in [0.1, 0.15) is 27.8 Å². The molecule has 2 saturated heterocycles. The summed E-state index contributed by atoms with van der Waals surface area (Å²) in [5, 5.41) is 11.8. The molecule has 146 valence electrons. The number of carbonyl (C=O) groups is 1. The van der Waals surface area contributed by atoms with Crippen LogP contribution in [0.2, 0.25) is 5.02 Å². The van der Waals surface area contributed by atoms with E-state index in [1.54, 1.807) is 11.8 Å². The number of rotatable bonds is 4. The second kappa shape index (κ2) is 7.44. The highest BCUT2D eigenvalue weighted by molar-refractivity contribution is 6.31. The molecule has 2 aliphatic heterocycles. The molecule has 2 aliphatic rings. The van der Waals surface area contributed by atoms with E-state index in [0.717, 1.165) is 0 Å². The molecule has 4 rings (SSSR count). The quantitative estimate of drug-likeness (QED) is 0.816. The van der Waals surface area contributed by atoms with Gasteiger partial charge in [-0.05, 0) is 19.1 Å². The Hall–Kier alpha value is -2.58. The number of nitrogens with zero attached hydrogens (tertiary/aromatic N) is 3. The molecule has 2 fully saturated rings. The van der Waals surface area contributed by atoms with Crippen molar-refractivity contribution in [2.75, 3.05) is 26.2 Å². The predicted octanol–water partition coefficient (Wildman–Crippen LogP) is 2.19. The van der Waals surface area contributed by atoms with Gasteiger partial charge in [-0.3, -0.25) is 4.79 Å². The van der Waals surface area contributed by atoms with Crippen molar-refractivity contribution in [1.29, 1.82) is 5.41 Å². The molecule has 7 nitrogen and oxygen atoms in total. The Bertz CT molecular complexity index is 950. The molecule has 9 heteroatoms. The van der Waals surface area contributed by atoms with Gasteiger partial charge in [0, 0.05) is 37.6 Å². The summed E-state index contributed by atoms with van der Waals surface area (Å²) in [7, 11) is 0. The van der Waals surface area contributed by atoms with Crippen LogP contribution >= 0.6 is 11.6 Å². The number of amides is 1. The second-order valence-corrected chi connectivity index (χ2v) is 7.37. The van der Waals surface area contributed by atoms with Crippen molar-refractivity contribution in [3.05, 3.63) is 52.3 Å². The summed E-state index contributed by atoms with van der Waals surface area (Å²) in [6.07, 6.45) is 1.43. The summed E-state index contributed by atoms with van der Waals surface area (Å²) in [5.74, 6) is -0.458. The van der Waals surface area contributed by atoms with E-state index in [9.17, 15) is 9.18 Å². The lowest BCUT2D eigenvalue weighted by molar-refractivity contribution is 0.0781. The highest BCUT2D eigenvalue weighted by atomic mass is 35.5. The monoisotopic (exact) mass is 403 g/mol. The minimum atomic E-state index is -0.462. The Morgan fingerprint density at radius 1 is 1.43 bits per heavy atom. The number of aryl methyl sites for hydroxylation is 1. The number of hydrogen-bond acceptors (Lipinski definition) is 6. The number of aromatic nitrogens is 2. The average molecular weight is 404 g/mol. The van der Waals surface area contributed by atoms with Crippen LogP contribution in [0.5, 0.6) is 5.75 Å². The van der Waals surface area contributed by atoms with Crippen molar-refractivity contribution < 1.29 is 13.9 Å². The summed E-state index contributed by atoms with van der Waals surface area (Å²) in [6, 6.07) is 3.90. The lowest BCUT2D eigenvalue weighted by atomic mass is 10.1. The van der Waals surface area contributed by atoms with Gasteiger partial charge < -0.3 is 20.4 Å². The van der Waals surface area contributed by atoms with E-state index < -0.39 is 5.82 Å². The van der Waals surface area contributed by atoms with Gasteiger partial charge >= 0.3 is 0 Å². The van der Waals surface area contributed by atoms with Gasteiger partial charge in [-0.1, -0.05) is 11.6 Å². The minimum absolute atomic E-state index is 0.0802. The summed E-state index contributed by atoms with van der Waals surface area (Å²) in [4.78, 5) is 23.2. The van der Waals surface area contributed by atoms with Crippen molar-refractivity contribution >= 4 is 23.2 Å². The third kappa shape index (κ3) is 3.57. The molecule has 3 heterocycles. The molecule has 1 aromatic carbocycles. The lowest BCUT2D eigenvalue weighted by Crippen LogP contribution is -2.50. The maximum atomic E-state index is 13.7. The predicted molar refractivity (Wildman–Crippen MR) is 102 cm³/mol. The number of carbonyl (C=O) groups excluding carboxylic acids is 1. The van der Waals surface area contributed by atoms with Gasteiger partial charge in [0.1, 0.15) is 23.5 Å².